The minimum absolute atomic E-state index is 0.303. The zero-order valence-electron chi connectivity index (χ0n) is 14.9. The van der Waals surface area contributed by atoms with Gasteiger partial charge in [0.05, 0.1) is 4.92 Å². The standard InChI is InChI=1S/C17H12F6N2O5/c1-16(27,7-30-9-5-11(18)14(20)12(19)6-9)15(26)24-8-2-3-13(25(28)29)10(4-8)17(21,22)23/h2-6,27H,7H2,1H3,(H,24,26)/t16-/m0/s1. The Labute approximate surface area is 164 Å². The van der Waals surface area contributed by atoms with E-state index in [1.807, 2.05) is 5.32 Å². The number of amides is 1. The first-order valence-electron chi connectivity index (χ1n) is 7.89. The van der Waals surface area contributed by atoms with Crippen LogP contribution in [-0.2, 0) is 11.0 Å². The van der Waals surface area contributed by atoms with Crippen molar-refractivity contribution in [3.05, 3.63) is 63.5 Å². The second-order valence-electron chi connectivity index (χ2n) is 6.20. The summed E-state index contributed by atoms with van der Waals surface area (Å²) in [4.78, 5) is 21.6. The van der Waals surface area contributed by atoms with Gasteiger partial charge in [0.25, 0.3) is 11.6 Å². The van der Waals surface area contributed by atoms with Crippen LogP contribution in [0.5, 0.6) is 5.75 Å². The van der Waals surface area contributed by atoms with Gasteiger partial charge in [-0.3, -0.25) is 14.9 Å². The van der Waals surface area contributed by atoms with Crippen LogP contribution in [0.2, 0.25) is 0 Å². The molecule has 0 aliphatic carbocycles. The molecule has 30 heavy (non-hydrogen) atoms. The number of anilines is 1. The number of nitrogens with one attached hydrogen (secondary N) is 1. The van der Waals surface area contributed by atoms with Crippen LogP contribution in [0, 0.1) is 27.6 Å². The molecule has 0 heterocycles. The Balaban J connectivity index is 2.17. The second-order valence-corrected chi connectivity index (χ2v) is 6.20. The van der Waals surface area contributed by atoms with Crippen molar-refractivity contribution < 1.29 is 45.9 Å². The molecule has 0 radical (unpaired) electrons. The van der Waals surface area contributed by atoms with Crippen LogP contribution in [0.1, 0.15) is 12.5 Å². The van der Waals surface area contributed by atoms with Crippen molar-refractivity contribution in [3.8, 4) is 5.75 Å². The number of benzene rings is 2. The summed E-state index contributed by atoms with van der Waals surface area (Å²) in [6, 6.07) is 2.55. The van der Waals surface area contributed by atoms with E-state index in [1.54, 1.807) is 0 Å². The molecule has 162 valence electrons. The van der Waals surface area contributed by atoms with Crippen molar-refractivity contribution in [2.75, 3.05) is 11.9 Å². The van der Waals surface area contributed by atoms with E-state index in [1.165, 1.54) is 0 Å². The number of hydrogen-bond donors (Lipinski definition) is 2. The van der Waals surface area contributed by atoms with Crippen LogP contribution < -0.4 is 10.1 Å². The lowest BCUT2D eigenvalue weighted by atomic mass is 10.1. The molecule has 1 atom stereocenters. The van der Waals surface area contributed by atoms with Gasteiger partial charge < -0.3 is 15.2 Å². The normalized spacial score (nSPS) is 13.5. The maximum absolute atomic E-state index is 13.2. The number of ether oxygens (including phenoxy) is 1. The summed E-state index contributed by atoms with van der Waals surface area (Å²) in [6.45, 7) is -0.0307. The third kappa shape index (κ3) is 5.17. The summed E-state index contributed by atoms with van der Waals surface area (Å²) >= 11 is 0. The van der Waals surface area contributed by atoms with Gasteiger partial charge in [-0.2, -0.15) is 13.2 Å². The maximum Gasteiger partial charge on any atom is 0.423 e. The fraction of sp³-hybridized carbons (Fsp3) is 0.235. The van der Waals surface area contributed by atoms with Gasteiger partial charge >= 0.3 is 6.18 Å². The summed E-state index contributed by atoms with van der Waals surface area (Å²) in [5.74, 6) is -6.77. The van der Waals surface area contributed by atoms with Gasteiger partial charge in [0, 0.05) is 23.9 Å². The number of carbonyl (C=O) groups excluding carboxylic acids is 1. The number of nitrogens with zero attached hydrogens (tertiary/aromatic N) is 1. The lowest BCUT2D eigenvalue weighted by Gasteiger charge is -2.23. The molecule has 0 bridgehead atoms. The van der Waals surface area contributed by atoms with Crippen molar-refractivity contribution in [1.29, 1.82) is 0 Å². The molecule has 0 fully saturated rings. The highest BCUT2D eigenvalue weighted by Crippen LogP contribution is 2.37. The van der Waals surface area contributed by atoms with E-state index in [0.29, 0.717) is 24.3 Å². The number of aliphatic hydroxyl groups is 1. The lowest BCUT2D eigenvalue weighted by Crippen LogP contribution is -2.45. The van der Waals surface area contributed by atoms with Crippen LogP contribution in [-0.4, -0.2) is 28.1 Å². The van der Waals surface area contributed by atoms with Crippen LogP contribution in [0.4, 0.5) is 37.7 Å². The molecule has 13 heteroatoms. The van der Waals surface area contributed by atoms with Gasteiger partial charge in [-0.15, -0.1) is 0 Å². The molecule has 0 aromatic heterocycles. The monoisotopic (exact) mass is 438 g/mol. The van der Waals surface area contributed by atoms with Crippen LogP contribution in [0.25, 0.3) is 0 Å². The maximum atomic E-state index is 13.2. The van der Waals surface area contributed by atoms with Gasteiger partial charge in [0.2, 0.25) is 0 Å². The fourth-order valence-corrected chi connectivity index (χ4v) is 2.17. The Morgan fingerprint density at radius 3 is 2.23 bits per heavy atom. The van der Waals surface area contributed by atoms with Crippen molar-refractivity contribution in [2.45, 2.75) is 18.7 Å². The first-order valence-corrected chi connectivity index (χ1v) is 7.89. The SMILES string of the molecule is C[C@](O)(COc1cc(F)c(F)c(F)c1)C(=O)Nc1ccc([N+](=O)[O-])c(C(F)(F)F)c1. The molecule has 1 amide bonds. The largest absolute Gasteiger partial charge is 0.490 e. The van der Waals surface area contributed by atoms with E-state index in [9.17, 15) is 46.4 Å². The van der Waals surface area contributed by atoms with Crippen LogP contribution >= 0.6 is 0 Å². The molecule has 0 aliphatic rings. The predicted molar refractivity (Wildman–Crippen MR) is 89.2 cm³/mol. The molecule has 0 spiro atoms. The average molecular weight is 438 g/mol. The Kier molecular flexibility index (Phi) is 6.25. The van der Waals surface area contributed by atoms with Gasteiger partial charge in [0.15, 0.2) is 23.1 Å². The highest BCUT2D eigenvalue weighted by molar-refractivity contribution is 5.97. The first-order chi connectivity index (χ1) is 13.7. The van der Waals surface area contributed by atoms with Crippen molar-refractivity contribution in [1.82, 2.24) is 0 Å². The van der Waals surface area contributed by atoms with E-state index < -0.39 is 69.4 Å². The number of nitro groups is 1. The number of rotatable bonds is 6. The molecule has 0 unspecified atom stereocenters. The van der Waals surface area contributed by atoms with Gasteiger partial charge in [-0.1, -0.05) is 0 Å². The summed E-state index contributed by atoms with van der Waals surface area (Å²) in [5.41, 5.74) is -5.80. The molecule has 2 aromatic rings. The molecular formula is C17H12F6N2O5. The zero-order chi connectivity index (χ0) is 22.9. The van der Waals surface area contributed by atoms with E-state index in [0.717, 1.165) is 13.0 Å². The third-order valence-corrected chi connectivity index (χ3v) is 3.72. The van der Waals surface area contributed by atoms with Gasteiger partial charge in [-0.05, 0) is 19.1 Å². The quantitative estimate of drug-likeness (QED) is 0.309. The first kappa shape index (κ1) is 22.9. The fourth-order valence-electron chi connectivity index (χ4n) is 2.17. The smallest absolute Gasteiger partial charge is 0.423 e. The average Bonchev–Trinajstić information content (AvgIpc) is 2.63. The highest BCUT2D eigenvalue weighted by Gasteiger charge is 2.39. The molecular weight excluding hydrogens is 426 g/mol. The summed E-state index contributed by atoms with van der Waals surface area (Å²) in [7, 11) is 0. The zero-order valence-corrected chi connectivity index (χ0v) is 14.9. The number of halogens is 6. The second kappa shape index (κ2) is 8.18. The van der Waals surface area contributed by atoms with Gasteiger partial charge in [-0.25, -0.2) is 13.2 Å². The molecule has 2 rings (SSSR count). The Morgan fingerprint density at radius 1 is 1.17 bits per heavy atom. The van der Waals surface area contributed by atoms with Gasteiger partial charge in [0.1, 0.15) is 17.9 Å². The van der Waals surface area contributed by atoms with Crippen LogP contribution in [0.3, 0.4) is 0 Å². The molecule has 2 aromatic carbocycles. The molecule has 7 nitrogen and oxygen atoms in total. The van der Waals surface area contributed by atoms with E-state index >= 15 is 0 Å². The summed E-state index contributed by atoms with van der Waals surface area (Å²) in [6.07, 6.45) is -5.09. The number of hydrogen-bond acceptors (Lipinski definition) is 5. The van der Waals surface area contributed by atoms with E-state index in [4.69, 9.17) is 4.74 Å². The number of carbonyl (C=O) groups is 1. The molecule has 0 aliphatic heterocycles. The number of alkyl halides is 3. The van der Waals surface area contributed by atoms with E-state index in [-0.39, 0.29) is 0 Å². The molecule has 0 saturated heterocycles. The topological polar surface area (TPSA) is 102 Å². The molecule has 2 N–H and O–H groups in total. The summed E-state index contributed by atoms with van der Waals surface area (Å²) < 4.78 is 83.0. The van der Waals surface area contributed by atoms with Crippen LogP contribution in [0.15, 0.2) is 30.3 Å². The highest BCUT2D eigenvalue weighted by atomic mass is 19.4. The van der Waals surface area contributed by atoms with Crippen molar-refractivity contribution in [2.24, 2.45) is 0 Å². The Bertz CT molecular complexity index is 970. The van der Waals surface area contributed by atoms with Crippen molar-refractivity contribution in [3.63, 3.8) is 0 Å². The van der Waals surface area contributed by atoms with E-state index in [2.05, 4.69) is 0 Å². The Hall–Kier alpha value is -3.35. The summed E-state index contributed by atoms with van der Waals surface area (Å²) in [5, 5.41) is 22.8. The van der Waals surface area contributed by atoms with Crippen molar-refractivity contribution >= 4 is 17.3 Å². The molecule has 0 saturated carbocycles. The minimum Gasteiger partial charge on any atom is -0.490 e. The predicted octanol–water partition coefficient (Wildman–Crippen LogP) is 3.80. The third-order valence-electron chi connectivity index (χ3n) is 3.72. The Morgan fingerprint density at radius 2 is 1.73 bits per heavy atom. The minimum atomic E-state index is -5.09. The number of nitro benzene ring substituents is 1. The lowest BCUT2D eigenvalue weighted by molar-refractivity contribution is -0.388.